The summed E-state index contributed by atoms with van der Waals surface area (Å²) in [5.74, 6) is 1.52. The molecule has 0 aromatic heterocycles. The van der Waals surface area contributed by atoms with Crippen molar-refractivity contribution in [3.8, 4) is 0 Å². The number of rotatable bonds is 2. The van der Waals surface area contributed by atoms with Gasteiger partial charge in [-0.1, -0.05) is 30.0 Å². The van der Waals surface area contributed by atoms with E-state index in [-0.39, 0.29) is 6.09 Å². The highest BCUT2D eigenvalue weighted by Gasteiger charge is 2.45. The average molecular weight is 455 g/mol. The molecular formula is C25H30N2O2S2. The number of benzene rings is 2. The first-order valence-corrected chi connectivity index (χ1v) is 13.0. The first-order chi connectivity index (χ1) is 14.9. The lowest BCUT2D eigenvalue weighted by molar-refractivity contribution is 0.0189. The zero-order chi connectivity index (χ0) is 21.6. The summed E-state index contributed by atoms with van der Waals surface area (Å²) < 4.78 is 5.69. The van der Waals surface area contributed by atoms with Crippen LogP contribution in [-0.2, 0) is 4.74 Å². The third-order valence-corrected chi connectivity index (χ3v) is 8.27. The number of likely N-dealkylation sites (tertiary alicyclic amines) is 1. The van der Waals surface area contributed by atoms with E-state index in [2.05, 4.69) is 47.4 Å². The van der Waals surface area contributed by atoms with Gasteiger partial charge in [0.05, 0.1) is 5.69 Å². The highest BCUT2D eigenvalue weighted by atomic mass is 32.2. The van der Waals surface area contributed by atoms with Crippen LogP contribution in [0.4, 0.5) is 10.5 Å². The van der Waals surface area contributed by atoms with Crippen molar-refractivity contribution in [2.24, 2.45) is 0 Å². The molecule has 0 saturated carbocycles. The van der Waals surface area contributed by atoms with E-state index in [1.807, 2.05) is 49.2 Å². The number of carbonyl (C=O) groups excluding carboxylic acids is 1. The number of hydrogen-bond donors (Lipinski definition) is 0. The van der Waals surface area contributed by atoms with Gasteiger partial charge in [0, 0.05) is 46.3 Å². The van der Waals surface area contributed by atoms with Gasteiger partial charge in [0.25, 0.3) is 0 Å². The number of thioether (sulfide) groups is 1. The van der Waals surface area contributed by atoms with Gasteiger partial charge in [0.2, 0.25) is 0 Å². The van der Waals surface area contributed by atoms with Crippen LogP contribution in [0.5, 0.6) is 0 Å². The van der Waals surface area contributed by atoms with Gasteiger partial charge in [-0.05, 0) is 69.2 Å². The lowest BCUT2D eigenvalue weighted by atomic mass is 9.89. The molecule has 2 aromatic rings. The van der Waals surface area contributed by atoms with Gasteiger partial charge < -0.3 is 14.5 Å². The number of amides is 1. The van der Waals surface area contributed by atoms with E-state index >= 15 is 0 Å². The first-order valence-electron chi connectivity index (χ1n) is 11.2. The van der Waals surface area contributed by atoms with Crippen LogP contribution in [0.1, 0.15) is 45.1 Å². The lowest BCUT2D eigenvalue weighted by Crippen LogP contribution is -2.49. The average Bonchev–Trinajstić information content (AvgIpc) is 2.88. The minimum atomic E-state index is -0.461. The number of carbonyl (C=O) groups is 1. The minimum Gasteiger partial charge on any atom is -0.444 e. The normalized spacial score (nSPS) is 22.5. The topological polar surface area (TPSA) is 32.8 Å². The predicted molar refractivity (Wildman–Crippen MR) is 129 cm³/mol. The summed E-state index contributed by atoms with van der Waals surface area (Å²) in [6, 6.07) is 15.8. The Balaban J connectivity index is 1.47. The van der Waals surface area contributed by atoms with Crippen molar-refractivity contribution in [3.63, 3.8) is 0 Å². The maximum absolute atomic E-state index is 12.8. The van der Waals surface area contributed by atoms with Crippen LogP contribution in [0.2, 0.25) is 0 Å². The van der Waals surface area contributed by atoms with Crippen LogP contribution in [-0.4, -0.2) is 48.0 Å². The fourth-order valence-electron chi connectivity index (χ4n) is 4.96. The number of fused-ring (bicyclic) bond motifs is 3. The summed E-state index contributed by atoms with van der Waals surface area (Å²) in [6.07, 6.45) is 2.03. The second kappa shape index (κ2) is 8.28. The van der Waals surface area contributed by atoms with E-state index in [9.17, 15) is 4.79 Å². The number of anilines is 1. The minimum absolute atomic E-state index is 0.178. The molecule has 6 heteroatoms. The SMILES string of the molecule is CC(C)(C)OC(=O)N1CC[C@H]2[C@@H](C1)c1cc(Sc3ccccc3)cc3c1N2CCCS3. The maximum Gasteiger partial charge on any atom is 0.410 e. The van der Waals surface area contributed by atoms with Crippen molar-refractivity contribution in [3.05, 3.63) is 48.0 Å². The van der Waals surface area contributed by atoms with Gasteiger partial charge >= 0.3 is 6.09 Å². The molecule has 0 bridgehead atoms. The molecule has 3 aliphatic heterocycles. The summed E-state index contributed by atoms with van der Waals surface area (Å²) in [6.45, 7) is 8.44. The zero-order valence-corrected chi connectivity index (χ0v) is 20.1. The lowest BCUT2D eigenvalue weighted by Gasteiger charge is -2.39. The molecule has 3 heterocycles. The van der Waals surface area contributed by atoms with Crippen molar-refractivity contribution in [2.45, 2.75) is 65.9 Å². The fraction of sp³-hybridized carbons (Fsp3) is 0.480. The second-order valence-corrected chi connectivity index (χ2v) is 11.8. The highest BCUT2D eigenvalue weighted by molar-refractivity contribution is 8.00. The van der Waals surface area contributed by atoms with Gasteiger partial charge in [-0.3, -0.25) is 0 Å². The maximum atomic E-state index is 12.8. The van der Waals surface area contributed by atoms with Crippen LogP contribution >= 0.6 is 23.5 Å². The number of hydrogen-bond acceptors (Lipinski definition) is 5. The Morgan fingerprint density at radius 1 is 1.13 bits per heavy atom. The summed E-state index contributed by atoms with van der Waals surface area (Å²) in [5.41, 5.74) is 2.39. The molecule has 0 aliphatic carbocycles. The number of piperidine rings is 1. The molecule has 0 spiro atoms. The van der Waals surface area contributed by atoms with E-state index in [0.29, 0.717) is 12.0 Å². The van der Waals surface area contributed by atoms with Crippen LogP contribution in [0.3, 0.4) is 0 Å². The Hall–Kier alpha value is -1.79. The smallest absolute Gasteiger partial charge is 0.410 e. The third-order valence-electron chi connectivity index (χ3n) is 6.17. The van der Waals surface area contributed by atoms with Crippen molar-refractivity contribution < 1.29 is 9.53 Å². The molecule has 31 heavy (non-hydrogen) atoms. The number of ether oxygens (including phenoxy) is 1. The third kappa shape index (κ3) is 4.29. The van der Waals surface area contributed by atoms with E-state index < -0.39 is 5.60 Å². The largest absolute Gasteiger partial charge is 0.444 e. The molecule has 0 unspecified atom stereocenters. The van der Waals surface area contributed by atoms with Crippen LogP contribution < -0.4 is 4.90 Å². The molecule has 0 radical (unpaired) electrons. The molecule has 4 nitrogen and oxygen atoms in total. The molecule has 5 rings (SSSR count). The van der Waals surface area contributed by atoms with Crippen molar-refractivity contribution in [1.82, 2.24) is 4.90 Å². The molecule has 1 fully saturated rings. The number of nitrogens with zero attached hydrogens (tertiary/aromatic N) is 2. The van der Waals surface area contributed by atoms with Gasteiger partial charge in [-0.2, -0.15) is 0 Å². The van der Waals surface area contributed by atoms with Gasteiger partial charge in [0.15, 0.2) is 0 Å². The Kier molecular flexibility index (Phi) is 5.63. The highest BCUT2D eigenvalue weighted by Crippen LogP contribution is 2.52. The summed E-state index contributed by atoms with van der Waals surface area (Å²) in [7, 11) is 0. The Labute approximate surface area is 193 Å². The molecule has 3 aliphatic rings. The van der Waals surface area contributed by atoms with Crippen molar-refractivity contribution in [1.29, 1.82) is 0 Å². The molecule has 2 aromatic carbocycles. The molecule has 0 N–H and O–H groups in total. The standard InChI is InChI=1S/C25H30N2O2S2/c1-25(2,3)29-24(28)26-12-10-21-20(16-26)19-14-18(31-17-8-5-4-6-9-17)15-22-23(19)27(21)11-7-13-30-22/h4-6,8-9,14-15,20-21H,7,10-13,16H2,1-3H3/t20-,21-/m0/s1. The molecule has 164 valence electrons. The monoisotopic (exact) mass is 454 g/mol. The molecule has 2 atom stereocenters. The van der Waals surface area contributed by atoms with E-state index in [1.54, 1.807) is 0 Å². The summed E-state index contributed by atoms with van der Waals surface area (Å²) in [5, 5.41) is 0. The van der Waals surface area contributed by atoms with Crippen molar-refractivity contribution in [2.75, 3.05) is 30.3 Å². The zero-order valence-electron chi connectivity index (χ0n) is 18.5. The van der Waals surface area contributed by atoms with E-state index in [1.165, 1.54) is 38.1 Å². The summed E-state index contributed by atoms with van der Waals surface area (Å²) in [4.78, 5) is 21.3. The summed E-state index contributed by atoms with van der Waals surface area (Å²) >= 11 is 3.82. The quantitative estimate of drug-likeness (QED) is 0.536. The Morgan fingerprint density at radius 3 is 2.71 bits per heavy atom. The second-order valence-electron chi connectivity index (χ2n) is 9.56. The molecule has 1 amide bonds. The van der Waals surface area contributed by atoms with E-state index in [0.717, 1.165) is 26.1 Å². The molecular weight excluding hydrogens is 424 g/mol. The Bertz CT molecular complexity index is 973. The van der Waals surface area contributed by atoms with Crippen LogP contribution in [0.25, 0.3) is 0 Å². The van der Waals surface area contributed by atoms with Gasteiger partial charge in [-0.15, -0.1) is 11.8 Å². The van der Waals surface area contributed by atoms with Crippen LogP contribution in [0.15, 0.2) is 57.2 Å². The predicted octanol–water partition coefficient (Wildman–Crippen LogP) is 6.25. The van der Waals surface area contributed by atoms with E-state index in [4.69, 9.17) is 4.74 Å². The van der Waals surface area contributed by atoms with Gasteiger partial charge in [-0.25, -0.2) is 4.79 Å². The van der Waals surface area contributed by atoms with Crippen LogP contribution in [0, 0.1) is 0 Å². The molecule has 1 saturated heterocycles. The fourth-order valence-corrected chi connectivity index (χ4v) is 7.04. The Morgan fingerprint density at radius 2 is 1.94 bits per heavy atom. The first kappa shape index (κ1) is 21.1. The van der Waals surface area contributed by atoms with Gasteiger partial charge in [0.1, 0.15) is 5.60 Å². The van der Waals surface area contributed by atoms with Crippen molar-refractivity contribution >= 4 is 35.3 Å².